The van der Waals surface area contributed by atoms with Gasteiger partial charge in [0.05, 0.1) is 11.6 Å². The van der Waals surface area contributed by atoms with Crippen LogP contribution in [0.15, 0.2) is 29.0 Å². The quantitative estimate of drug-likeness (QED) is 0.799. The lowest BCUT2D eigenvalue weighted by atomic mass is 10.4. The van der Waals surface area contributed by atoms with Gasteiger partial charge >= 0.3 is 5.97 Å². The van der Waals surface area contributed by atoms with Crippen molar-refractivity contribution in [2.45, 2.75) is 13.3 Å². The van der Waals surface area contributed by atoms with E-state index in [0.717, 1.165) is 6.42 Å². The Morgan fingerprint density at radius 2 is 2.37 bits per heavy atom. The Bertz CT molecular complexity index is 600. The first kappa shape index (κ1) is 14.0. The number of aromatic nitrogens is 3. The molecule has 100 valence electrons. The van der Waals surface area contributed by atoms with E-state index in [0.29, 0.717) is 22.1 Å². The van der Waals surface area contributed by atoms with Gasteiger partial charge < -0.3 is 4.74 Å². The van der Waals surface area contributed by atoms with E-state index in [4.69, 9.17) is 16.3 Å². The van der Waals surface area contributed by atoms with Gasteiger partial charge in [0.25, 0.3) is 0 Å². The van der Waals surface area contributed by atoms with Gasteiger partial charge in [0, 0.05) is 12.3 Å². The number of nitrogens with zero attached hydrogens (tertiary/aromatic N) is 3. The molecule has 0 aliphatic rings. The molecule has 0 aromatic carbocycles. The summed E-state index contributed by atoms with van der Waals surface area (Å²) >= 11 is 9.29. The van der Waals surface area contributed by atoms with Crippen molar-refractivity contribution in [3.63, 3.8) is 0 Å². The summed E-state index contributed by atoms with van der Waals surface area (Å²) in [6.07, 6.45) is 2.34. The molecule has 2 rings (SSSR count). The normalized spacial score (nSPS) is 10.5. The van der Waals surface area contributed by atoms with E-state index < -0.39 is 5.97 Å². The lowest BCUT2D eigenvalue weighted by molar-refractivity contribution is 0.0494. The molecule has 2 aromatic rings. The molecule has 19 heavy (non-hydrogen) atoms. The molecule has 2 aromatic heterocycles. The van der Waals surface area contributed by atoms with Crippen molar-refractivity contribution in [1.29, 1.82) is 0 Å². The number of halogens is 2. The third-order valence-electron chi connectivity index (χ3n) is 2.27. The van der Waals surface area contributed by atoms with Crippen molar-refractivity contribution in [2.75, 3.05) is 6.61 Å². The molecule has 0 fully saturated rings. The zero-order chi connectivity index (χ0) is 13.8. The molecule has 0 atom stereocenters. The molecule has 2 heterocycles. The molecule has 0 radical (unpaired) electrons. The van der Waals surface area contributed by atoms with E-state index in [1.54, 1.807) is 24.4 Å². The summed E-state index contributed by atoms with van der Waals surface area (Å²) in [7, 11) is 0. The van der Waals surface area contributed by atoms with E-state index >= 15 is 0 Å². The average Bonchev–Trinajstić information content (AvgIpc) is 2.78. The van der Waals surface area contributed by atoms with Crippen molar-refractivity contribution in [3.8, 4) is 5.82 Å². The van der Waals surface area contributed by atoms with Gasteiger partial charge in [-0.05, 0) is 34.5 Å². The number of pyridine rings is 1. The maximum atomic E-state index is 11.9. The summed E-state index contributed by atoms with van der Waals surface area (Å²) in [4.78, 5) is 16.1. The van der Waals surface area contributed by atoms with Crippen LogP contribution in [0.5, 0.6) is 0 Å². The number of carbonyl (C=O) groups excluding carboxylic acids is 1. The number of rotatable bonds is 4. The summed E-state index contributed by atoms with van der Waals surface area (Å²) in [5.41, 5.74) is 0.279. The minimum absolute atomic E-state index is 0.279. The van der Waals surface area contributed by atoms with Gasteiger partial charge in [-0.2, -0.15) is 5.10 Å². The second kappa shape index (κ2) is 6.16. The van der Waals surface area contributed by atoms with Crippen LogP contribution in [0.2, 0.25) is 5.02 Å². The van der Waals surface area contributed by atoms with Crippen LogP contribution in [0.3, 0.4) is 0 Å². The smallest absolute Gasteiger partial charge is 0.357 e. The fourth-order valence-corrected chi connectivity index (χ4v) is 2.04. The van der Waals surface area contributed by atoms with E-state index in [-0.39, 0.29) is 5.69 Å². The molecule has 0 saturated carbocycles. The summed E-state index contributed by atoms with van der Waals surface area (Å²) in [5.74, 6) is -0.0694. The molecule has 7 heteroatoms. The lowest BCUT2D eigenvalue weighted by Crippen LogP contribution is -2.13. The molecule has 0 amide bonds. The number of hydrogen-bond acceptors (Lipinski definition) is 4. The first-order valence-corrected chi connectivity index (χ1v) is 6.84. The lowest BCUT2D eigenvalue weighted by Gasteiger charge is -2.07. The number of esters is 1. The van der Waals surface area contributed by atoms with Crippen LogP contribution in [0.25, 0.3) is 5.82 Å². The molecule has 0 aliphatic heterocycles. The molecule has 0 aliphatic carbocycles. The topological polar surface area (TPSA) is 57.0 Å². The van der Waals surface area contributed by atoms with Crippen molar-refractivity contribution in [1.82, 2.24) is 14.8 Å². The van der Waals surface area contributed by atoms with Crippen molar-refractivity contribution in [3.05, 3.63) is 39.7 Å². The minimum Gasteiger partial charge on any atom is -0.461 e. The highest BCUT2D eigenvalue weighted by Crippen LogP contribution is 2.21. The Labute approximate surface area is 123 Å². The zero-order valence-corrected chi connectivity index (χ0v) is 12.5. The monoisotopic (exact) mass is 343 g/mol. The fraction of sp³-hybridized carbons (Fsp3) is 0.250. The van der Waals surface area contributed by atoms with Crippen LogP contribution >= 0.6 is 27.5 Å². The summed E-state index contributed by atoms with van der Waals surface area (Å²) in [6.45, 7) is 2.29. The van der Waals surface area contributed by atoms with Crippen LogP contribution in [0.1, 0.15) is 23.8 Å². The Kier molecular flexibility index (Phi) is 4.55. The van der Waals surface area contributed by atoms with Gasteiger partial charge in [-0.15, -0.1) is 0 Å². The zero-order valence-electron chi connectivity index (χ0n) is 10.1. The molecular weight excluding hydrogens is 334 g/mol. The summed E-state index contributed by atoms with van der Waals surface area (Å²) in [6, 6.07) is 4.96. The SMILES string of the molecule is CCCOC(=O)c1cc(Br)nn1-c1ncccc1Cl. The first-order valence-electron chi connectivity index (χ1n) is 5.67. The number of hydrogen-bond donors (Lipinski definition) is 0. The Morgan fingerprint density at radius 3 is 3.05 bits per heavy atom. The number of ether oxygens (including phenoxy) is 1. The maximum Gasteiger partial charge on any atom is 0.357 e. The molecule has 0 bridgehead atoms. The average molecular weight is 345 g/mol. The van der Waals surface area contributed by atoms with Gasteiger partial charge in [0.2, 0.25) is 0 Å². The van der Waals surface area contributed by atoms with E-state index in [9.17, 15) is 4.79 Å². The van der Waals surface area contributed by atoms with Crippen LogP contribution in [-0.2, 0) is 4.74 Å². The first-order chi connectivity index (χ1) is 9.13. The van der Waals surface area contributed by atoms with Gasteiger partial charge in [-0.25, -0.2) is 14.5 Å². The standard InChI is InChI=1S/C12H11BrClN3O2/c1-2-6-19-12(18)9-7-10(13)16-17(9)11-8(14)4-3-5-15-11/h3-5,7H,2,6H2,1H3. The van der Waals surface area contributed by atoms with Crippen LogP contribution in [0.4, 0.5) is 0 Å². The van der Waals surface area contributed by atoms with Gasteiger partial charge in [-0.1, -0.05) is 18.5 Å². The second-order valence-electron chi connectivity index (χ2n) is 3.71. The maximum absolute atomic E-state index is 11.9. The van der Waals surface area contributed by atoms with Crippen molar-refractivity contribution < 1.29 is 9.53 Å². The minimum atomic E-state index is -0.457. The Morgan fingerprint density at radius 1 is 1.58 bits per heavy atom. The van der Waals surface area contributed by atoms with Gasteiger partial charge in [0.15, 0.2) is 11.5 Å². The van der Waals surface area contributed by atoms with Crippen molar-refractivity contribution >= 4 is 33.5 Å². The highest BCUT2D eigenvalue weighted by atomic mass is 79.9. The summed E-state index contributed by atoms with van der Waals surface area (Å²) < 4.78 is 6.98. The highest BCUT2D eigenvalue weighted by molar-refractivity contribution is 9.10. The van der Waals surface area contributed by atoms with Crippen LogP contribution < -0.4 is 0 Å². The fourth-order valence-electron chi connectivity index (χ4n) is 1.46. The van der Waals surface area contributed by atoms with E-state index in [1.807, 2.05) is 6.92 Å². The second-order valence-corrected chi connectivity index (χ2v) is 4.93. The molecule has 0 saturated heterocycles. The summed E-state index contributed by atoms with van der Waals surface area (Å²) in [5, 5.41) is 4.56. The van der Waals surface area contributed by atoms with Crippen molar-refractivity contribution in [2.24, 2.45) is 0 Å². The Hall–Kier alpha value is -1.40. The molecular formula is C12H11BrClN3O2. The van der Waals surface area contributed by atoms with Gasteiger partial charge in [-0.3, -0.25) is 0 Å². The van der Waals surface area contributed by atoms with Gasteiger partial charge in [0.1, 0.15) is 4.60 Å². The third-order valence-corrected chi connectivity index (χ3v) is 2.95. The molecule has 0 unspecified atom stereocenters. The third kappa shape index (κ3) is 3.13. The number of carbonyl (C=O) groups is 1. The predicted octanol–water partition coefficient (Wildman–Crippen LogP) is 3.25. The molecule has 0 spiro atoms. The molecule has 0 N–H and O–H groups in total. The Balaban J connectivity index is 2.42. The molecule has 5 nitrogen and oxygen atoms in total. The highest BCUT2D eigenvalue weighted by Gasteiger charge is 2.19. The van der Waals surface area contributed by atoms with E-state index in [1.165, 1.54) is 4.68 Å². The van der Waals surface area contributed by atoms with Crippen LogP contribution in [0, 0.1) is 0 Å². The van der Waals surface area contributed by atoms with E-state index in [2.05, 4.69) is 26.0 Å². The van der Waals surface area contributed by atoms with Crippen LogP contribution in [-0.4, -0.2) is 27.3 Å². The largest absolute Gasteiger partial charge is 0.461 e. The predicted molar refractivity (Wildman–Crippen MR) is 74.6 cm³/mol.